The number of hydrogen-bond acceptors (Lipinski definition) is 3. The number of carbonyl (C=O) groups excluding carboxylic acids is 2. The zero-order chi connectivity index (χ0) is 16.7. The van der Waals surface area contributed by atoms with Gasteiger partial charge in [-0.15, -0.1) is 0 Å². The lowest BCUT2D eigenvalue weighted by atomic mass is 9.80. The van der Waals surface area contributed by atoms with Crippen molar-refractivity contribution in [2.45, 2.75) is 24.7 Å². The molecule has 1 unspecified atom stereocenters. The normalized spacial score (nSPS) is 25.0. The number of carboxylic acid groups (broad SMARTS) is 1. The van der Waals surface area contributed by atoms with E-state index < -0.39 is 16.8 Å². The molecule has 1 aromatic rings. The molecule has 1 aromatic carbocycles. The van der Waals surface area contributed by atoms with Crippen LogP contribution in [0.15, 0.2) is 30.3 Å². The standard InChI is InChI=1S/C17H20N2O4/c1-18-13(20)16(7-8-16)14(21)19-10-9-17(11-19,15(22)23)12-5-3-2-4-6-12/h2-6H,7-11H2,1H3,(H,18,20)(H,22,23). The van der Waals surface area contributed by atoms with Gasteiger partial charge in [0.05, 0.1) is 0 Å². The maximum atomic E-state index is 12.7. The first-order valence-corrected chi connectivity index (χ1v) is 7.77. The van der Waals surface area contributed by atoms with E-state index in [1.165, 1.54) is 7.05 Å². The Morgan fingerprint density at radius 1 is 1.13 bits per heavy atom. The third-order valence-corrected chi connectivity index (χ3v) is 5.11. The molecule has 1 aliphatic carbocycles. The summed E-state index contributed by atoms with van der Waals surface area (Å²) in [7, 11) is 1.52. The summed E-state index contributed by atoms with van der Waals surface area (Å²) in [6.45, 7) is 0.475. The number of nitrogens with one attached hydrogen (secondary N) is 1. The van der Waals surface area contributed by atoms with Crippen molar-refractivity contribution in [3.8, 4) is 0 Å². The topological polar surface area (TPSA) is 86.7 Å². The lowest BCUT2D eigenvalue weighted by Crippen LogP contribution is -2.46. The van der Waals surface area contributed by atoms with Crippen LogP contribution >= 0.6 is 0 Å². The van der Waals surface area contributed by atoms with E-state index in [9.17, 15) is 19.5 Å². The Balaban J connectivity index is 1.86. The summed E-state index contributed by atoms with van der Waals surface area (Å²) in [6, 6.07) is 9.01. The number of aliphatic carboxylic acids is 1. The van der Waals surface area contributed by atoms with Gasteiger partial charge in [-0.05, 0) is 24.8 Å². The fourth-order valence-electron chi connectivity index (χ4n) is 3.48. The molecule has 0 spiro atoms. The van der Waals surface area contributed by atoms with Crippen LogP contribution in [0.3, 0.4) is 0 Å². The highest BCUT2D eigenvalue weighted by Gasteiger charge is 2.60. The Morgan fingerprint density at radius 3 is 2.30 bits per heavy atom. The first-order valence-electron chi connectivity index (χ1n) is 7.77. The number of nitrogens with zero attached hydrogens (tertiary/aromatic N) is 1. The third kappa shape index (κ3) is 2.29. The van der Waals surface area contributed by atoms with Gasteiger partial charge in [-0.3, -0.25) is 14.4 Å². The molecule has 2 amide bonds. The smallest absolute Gasteiger partial charge is 0.316 e. The van der Waals surface area contributed by atoms with Gasteiger partial charge in [0, 0.05) is 20.1 Å². The number of benzene rings is 1. The average Bonchev–Trinajstić information content (AvgIpc) is 3.26. The van der Waals surface area contributed by atoms with E-state index >= 15 is 0 Å². The largest absolute Gasteiger partial charge is 0.481 e. The lowest BCUT2D eigenvalue weighted by Gasteiger charge is -2.27. The molecule has 2 aliphatic rings. The Morgan fingerprint density at radius 2 is 1.78 bits per heavy atom. The molecule has 23 heavy (non-hydrogen) atoms. The molecular formula is C17H20N2O4. The number of amides is 2. The van der Waals surface area contributed by atoms with Gasteiger partial charge in [0.1, 0.15) is 10.8 Å². The van der Waals surface area contributed by atoms with Crippen molar-refractivity contribution in [3.05, 3.63) is 35.9 Å². The summed E-state index contributed by atoms with van der Waals surface area (Å²) >= 11 is 0. The summed E-state index contributed by atoms with van der Waals surface area (Å²) in [4.78, 5) is 38.2. The number of carbonyl (C=O) groups is 3. The van der Waals surface area contributed by atoms with Crippen LogP contribution in [0.4, 0.5) is 0 Å². The minimum Gasteiger partial charge on any atom is -0.481 e. The van der Waals surface area contributed by atoms with E-state index in [4.69, 9.17) is 0 Å². The van der Waals surface area contributed by atoms with Crippen molar-refractivity contribution in [1.82, 2.24) is 10.2 Å². The summed E-state index contributed by atoms with van der Waals surface area (Å²) < 4.78 is 0. The Hall–Kier alpha value is -2.37. The molecule has 1 saturated heterocycles. The van der Waals surface area contributed by atoms with Gasteiger partial charge in [0.15, 0.2) is 0 Å². The summed E-state index contributed by atoms with van der Waals surface area (Å²) in [6.07, 6.45) is 1.43. The van der Waals surface area contributed by atoms with E-state index in [1.54, 1.807) is 29.2 Å². The van der Waals surface area contributed by atoms with Crippen molar-refractivity contribution >= 4 is 17.8 Å². The summed E-state index contributed by atoms with van der Waals surface area (Å²) in [5.41, 5.74) is -1.36. The molecule has 1 aliphatic heterocycles. The van der Waals surface area contributed by atoms with Crippen molar-refractivity contribution in [2.75, 3.05) is 20.1 Å². The molecule has 2 N–H and O–H groups in total. The fraction of sp³-hybridized carbons (Fsp3) is 0.471. The van der Waals surface area contributed by atoms with Gasteiger partial charge < -0.3 is 15.3 Å². The summed E-state index contributed by atoms with van der Waals surface area (Å²) in [5, 5.41) is 12.3. The van der Waals surface area contributed by atoms with Crippen molar-refractivity contribution < 1.29 is 19.5 Å². The van der Waals surface area contributed by atoms with E-state index in [1.807, 2.05) is 6.07 Å². The molecule has 3 rings (SSSR count). The molecule has 0 aromatic heterocycles. The number of likely N-dealkylation sites (tertiary alicyclic amines) is 1. The highest BCUT2D eigenvalue weighted by atomic mass is 16.4. The van der Waals surface area contributed by atoms with E-state index in [0.717, 1.165) is 0 Å². The first kappa shape index (κ1) is 15.5. The molecule has 0 radical (unpaired) electrons. The SMILES string of the molecule is CNC(=O)C1(C(=O)N2CCC(C(=O)O)(c3ccccc3)C2)CC1. The number of hydrogen-bond donors (Lipinski definition) is 2. The van der Waals surface area contributed by atoms with Gasteiger partial charge in [-0.1, -0.05) is 30.3 Å². The molecule has 6 nitrogen and oxygen atoms in total. The van der Waals surface area contributed by atoms with Crippen LogP contribution in [0.1, 0.15) is 24.8 Å². The molecule has 1 atom stereocenters. The van der Waals surface area contributed by atoms with Crippen LogP contribution in [-0.4, -0.2) is 47.9 Å². The highest BCUT2D eigenvalue weighted by molar-refractivity contribution is 6.08. The molecule has 0 bridgehead atoms. The highest BCUT2D eigenvalue weighted by Crippen LogP contribution is 2.49. The van der Waals surface area contributed by atoms with E-state index in [0.29, 0.717) is 31.4 Å². The number of carboxylic acids is 1. The Bertz CT molecular complexity index is 654. The molecular weight excluding hydrogens is 296 g/mol. The van der Waals surface area contributed by atoms with Gasteiger partial charge >= 0.3 is 5.97 Å². The zero-order valence-corrected chi connectivity index (χ0v) is 13.0. The second-order valence-electron chi connectivity index (χ2n) is 6.39. The Kier molecular flexibility index (Phi) is 3.62. The van der Waals surface area contributed by atoms with Crippen molar-refractivity contribution in [1.29, 1.82) is 0 Å². The number of rotatable bonds is 4. The zero-order valence-electron chi connectivity index (χ0n) is 13.0. The van der Waals surface area contributed by atoms with Crippen LogP contribution in [0.25, 0.3) is 0 Å². The minimum atomic E-state index is -1.09. The average molecular weight is 316 g/mol. The van der Waals surface area contributed by atoms with E-state index in [2.05, 4.69) is 5.32 Å². The van der Waals surface area contributed by atoms with Crippen LogP contribution < -0.4 is 5.32 Å². The quantitative estimate of drug-likeness (QED) is 0.803. The predicted molar refractivity (Wildman–Crippen MR) is 82.7 cm³/mol. The maximum absolute atomic E-state index is 12.7. The molecule has 122 valence electrons. The van der Waals surface area contributed by atoms with Crippen LogP contribution in [0.2, 0.25) is 0 Å². The second kappa shape index (κ2) is 5.37. The van der Waals surface area contributed by atoms with Crippen LogP contribution in [-0.2, 0) is 19.8 Å². The molecule has 2 fully saturated rings. The Labute approximate surface area is 134 Å². The van der Waals surface area contributed by atoms with E-state index in [-0.39, 0.29) is 18.4 Å². The van der Waals surface area contributed by atoms with Gasteiger partial charge in [0.2, 0.25) is 11.8 Å². The first-order chi connectivity index (χ1) is 11.0. The fourth-order valence-corrected chi connectivity index (χ4v) is 3.48. The molecule has 6 heteroatoms. The van der Waals surface area contributed by atoms with Gasteiger partial charge in [-0.25, -0.2) is 0 Å². The minimum absolute atomic E-state index is 0.115. The van der Waals surface area contributed by atoms with Crippen LogP contribution in [0.5, 0.6) is 0 Å². The van der Waals surface area contributed by atoms with Crippen LogP contribution in [0, 0.1) is 5.41 Å². The second-order valence-corrected chi connectivity index (χ2v) is 6.39. The predicted octanol–water partition coefficient (Wildman–Crippen LogP) is 0.768. The van der Waals surface area contributed by atoms with Gasteiger partial charge in [0.25, 0.3) is 0 Å². The van der Waals surface area contributed by atoms with Crippen molar-refractivity contribution in [2.24, 2.45) is 5.41 Å². The summed E-state index contributed by atoms with van der Waals surface area (Å²) in [5.74, 6) is -1.44. The molecule has 1 saturated carbocycles. The maximum Gasteiger partial charge on any atom is 0.316 e. The molecule has 1 heterocycles. The lowest BCUT2D eigenvalue weighted by molar-refractivity contribution is -0.145. The third-order valence-electron chi connectivity index (χ3n) is 5.11. The van der Waals surface area contributed by atoms with Gasteiger partial charge in [-0.2, -0.15) is 0 Å². The van der Waals surface area contributed by atoms with Crippen molar-refractivity contribution in [3.63, 3.8) is 0 Å². The monoisotopic (exact) mass is 316 g/mol.